The minimum Gasteiger partial charge on any atom is -0.346 e. The molecule has 0 unspecified atom stereocenters. The summed E-state index contributed by atoms with van der Waals surface area (Å²) in [5.74, 6) is -0.186. The highest BCUT2D eigenvalue weighted by atomic mass is 79.9. The zero-order valence-corrected chi connectivity index (χ0v) is 16.1. The zero-order valence-electron chi connectivity index (χ0n) is 13.7. The van der Waals surface area contributed by atoms with Gasteiger partial charge in [0.05, 0.1) is 29.4 Å². The standard InChI is InChI=1S/C16H19BrN4O2S/c1-10-16(11(2)21(3)20-10)19-14(22)8-18-15(23)9-24-13-6-4-12(17)5-7-13/h4-7H,8-9H2,1-3H3,(H,18,23)(H,19,22). The molecule has 0 saturated carbocycles. The van der Waals surface area contributed by atoms with Crippen LogP contribution in [0.3, 0.4) is 0 Å². The van der Waals surface area contributed by atoms with Gasteiger partial charge in [-0.25, -0.2) is 0 Å². The van der Waals surface area contributed by atoms with Gasteiger partial charge in [0.1, 0.15) is 0 Å². The van der Waals surface area contributed by atoms with E-state index in [-0.39, 0.29) is 24.1 Å². The van der Waals surface area contributed by atoms with Crippen molar-refractivity contribution in [2.24, 2.45) is 7.05 Å². The predicted molar refractivity (Wildman–Crippen MR) is 99.2 cm³/mol. The van der Waals surface area contributed by atoms with Gasteiger partial charge in [0, 0.05) is 16.4 Å². The molecule has 2 rings (SSSR count). The number of benzene rings is 1. The molecule has 2 aromatic rings. The number of aryl methyl sites for hydroxylation is 2. The van der Waals surface area contributed by atoms with Gasteiger partial charge >= 0.3 is 0 Å². The third-order valence-corrected chi connectivity index (χ3v) is 4.94. The third-order valence-electron chi connectivity index (χ3n) is 3.40. The van der Waals surface area contributed by atoms with Crippen LogP contribution in [0.1, 0.15) is 11.4 Å². The van der Waals surface area contributed by atoms with E-state index in [1.807, 2.05) is 45.2 Å². The predicted octanol–water partition coefficient (Wildman–Crippen LogP) is 2.65. The first-order valence-corrected chi connectivity index (χ1v) is 9.10. The van der Waals surface area contributed by atoms with Crippen molar-refractivity contribution in [1.82, 2.24) is 15.1 Å². The number of halogens is 1. The Morgan fingerprint density at radius 1 is 1.21 bits per heavy atom. The van der Waals surface area contributed by atoms with Gasteiger partial charge in [0.25, 0.3) is 0 Å². The number of hydrogen-bond acceptors (Lipinski definition) is 4. The van der Waals surface area contributed by atoms with E-state index >= 15 is 0 Å². The summed E-state index contributed by atoms with van der Waals surface area (Å²) >= 11 is 4.79. The summed E-state index contributed by atoms with van der Waals surface area (Å²) in [6.45, 7) is 3.65. The fraction of sp³-hybridized carbons (Fsp3) is 0.312. The van der Waals surface area contributed by atoms with Crippen LogP contribution in [0, 0.1) is 13.8 Å². The maximum absolute atomic E-state index is 12.0. The van der Waals surface area contributed by atoms with Crippen LogP contribution in [0.25, 0.3) is 0 Å². The fourth-order valence-corrected chi connectivity index (χ4v) is 3.04. The molecule has 0 radical (unpaired) electrons. The van der Waals surface area contributed by atoms with Crippen LogP contribution in [-0.4, -0.2) is 33.9 Å². The van der Waals surface area contributed by atoms with Crippen molar-refractivity contribution < 1.29 is 9.59 Å². The number of anilines is 1. The summed E-state index contributed by atoms with van der Waals surface area (Å²) in [4.78, 5) is 24.8. The Morgan fingerprint density at radius 3 is 2.46 bits per heavy atom. The lowest BCUT2D eigenvalue weighted by atomic mass is 10.3. The fourth-order valence-electron chi connectivity index (χ4n) is 2.05. The lowest BCUT2D eigenvalue weighted by molar-refractivity contribution is -0.122. The van der Waals surface area contributed by atoms with Gasteiger partial charge in [0.2, 0.25) is 11.8 Å². The number of carbonyl (C=O) groups excluding carboxylic acids is 2. The first kappa shape index (κ1) is 18.5. The zero-order chi connectivity index (χ0) is 17.7. The van der Waals surface area contributed by atoms with Crippen molar-refractivity contribution in [3.8, 4) is 0 Å². The summed E-state index contributed by atoms with van der Waals surface area (Å²) in [6.07, 6.45) is 0. The average Bonchev–Trinajstić information content (AvgIpc) is 2.78. The molecule has 8 heteroatoms. The number of amides is 2. The summed E-state index contributed by atoms with van der Waals surface area (Å²) in [6, 6.07) is 7.71. The number of nitrogens with one attached hydrogen (secondary N) is 2. The first-order valence-electron chi connectivity index (χ1n) is 7.32. The Hall–Kier alpha value is -1.80. The van der Waals surface area contributed by atoms with E-state index in [9.17, 15) is 9.59 Å². The Labute approximate surface area is 153 Å². The topological polar surface area (TPSA) is 76.0 Å². The highest BCUT2D eigenvalue weighted by Gasteiger charge is 2.13. The number of carbonyl (C=O) groups is 2. The van der Waals surface area contributed by atoms with Gasteiger partial charge < -0.3 is 10.6 Å². The molecule has 2 amide bonds. The van der Waals surface area contributed by atoms with E-state index in [2.05, 4.69) is 31.7 Å². The van der Waals surface area contributed by atoms with E-state index in [1.54, 1.807) is 4.68 Å². The van der Waals surface area contributed by atoms with E-state index in [1.165, 1.54) is 11.8 Å². The van der Waals surface area contributed by atoms with Gasteiger partial charge in [-0.15, -0.1) is 11.8 Å². The molecule has 1 heterocycles. The smallest absolute Gasteiger partial charge is 0.243 e. The SMILES string of the molecule is Cc1nn(C)c(C)c1NC(=O)CNC(=O)CSc1ccc(Br)cc1. The Balaban J connectivity index is 1.76. The van der Waals surface area contributed by atoms with Crippen molar-refractivity contribution in [1.29, 1.82) is 0 Å². The maximum Gasteiger partial charge on any atom is 0.243 e. The van der Waals surface area contributed by atoms with Crippen molar-refractivity contribution in [2.45, 2.75) is 18.7 Å². The highest BCUT2D eigenvalue weighted by molar-refractivity contribution is 9.10. The van der Waals surface area contributed by atoms with Crippen LogP contribution in [0.2, 0.25) is 0 Å². The second-order valence-corrected chi connectivity index (χ2v) is 7.20. The van der Waals surface area contributed by atoms with Crippen molar-refractivity contribution >= 4 is 45.2 Å². The molecule has 1 aromatic carbocycles. The largest absolute Gasteiger partial charge is 0.346 e. The molecule has 1 aromatic heterocycles. The molecule has 24 heavy (non-hydrogen) atoms. The van der Waals surface area contributed by atoms with Crippen molar-refractivity contribution in [3.63, 3.8) is 0 Å². The molecule has 0 aliphatic heterocycles. The summed E-state index contributed by atoms with van der Waals surface area (Å²) in [7, 11) is 1.82. The van der Waals surface area contributed by atoms with Crippen molar-refractivity contribution in [3.05, 3.63) is 40.1 Å². The van der Waals surface area contributed by atoms with Gasteiger partial charge in [-0.3, -0.25) is 14.3 Å². The van der Waals surface area contributed by atoms with Gasteiger partial charge in [-0.1, -0.05) is 15.9 Å². The molecule has 0 spiro atoms. The number of aromatic nitrogens is 2. The Morgan fingerprint density at radius 2 is 1.88 bits per heavy atom. The molecule has 0 aliphatic rings. The number of rotatable bonds is 6. The van der Waals surface area contributed by atoms with Crippen molar-refractivity contribution in [2.75, 3.05) is 17.6 Å². The van der Waals surface area contributed by atoms with E-state index in [4.69, 9.17) is 0 Å². The van der Waals surface area contributed by atoms with Crippen LogP contribution in [0.5, 0.6) is 0 Å². The van der Waals surface area contributed by atoms with E-state index in [0.717, 1.165) is 20.8 Å². The molecule has 0 atom stereocenters. The molecular formula is C16H19BrN4O2S. The Bertz CT molecular complexity index is 743. The maximum atomic E-state index is 12.0. The molecule has 6 nitrogen and oxygen atoms in total. The summed E-state index contributed by atoms with van der Waals surface area (Å²) < 4.78 is 2.70. The van der Waals surface area contributed by atoms with Crippen LogP contribution in [0.15, 0.2) is 33.6 Å². The molecule has 0 bridgehead atoms. The van der Waals surface area contributed by atoms with Gasteiger partial charge in [-0.2, -0.15) is 5.10 Å². The van der Waals surface area contributed by atoms with Crippen LogP contribution < -0.4 is 10.6 Å². The lowest BCUT2D eigenvalue weighted by Gasteiger charge is -2.07. The molecule has 0 fully saturated rings. The number of thioether (sulfide) groups is 1. The molecule has 2 N–H and O–H groups in total. The van der Waals surface area contributed by atoms with Gasteiger partial charge in [0.15, 0.2) is 0 Å². The average molecular weight is 411 g/mol. The van der Waals surface area contributed by atoms with Crippen LogP contribution in [0.4, 0.5) is 5.69 Å². The normalized spacial score (nSPS) is 10.5. The minimum atomic E-state index is -0.267. The number of hydrogen-bond donors (Lipinski definition) is 2. The monoisotopic (exact) mass is 410 g/mol. The summed E-state index contributed by atoms with van der Waals surface area (Å²) in [5, 5.41) is 9.64. The van der Waals surface area contributed by atoms with Crippen LogP contribution >= 0.6 is 27.7 Å². The minimum absolute atomic E-state index is 0.0620. The highest BCUT2D eigenvalue weighted by Crippen LogP contribution is 2.20. The third kappa shape index (κ3) is 5.10. The molecule has 0 saturated heterocycles. The molecule has 0 aliphatic carbocycles. The first-order chi connectivity index (χ1) is 11.4. The Kier molecular flexibility index (Phi) is 6.44. The second kappa shape index (κ2) is 8.34. The van der Waals surface area contributed by atoms with Crippen LogP contribution in [-0.2, 0) is 16.6 Å². The molecular weight excluding hydrogens is 392 g/mol. The quantitative estimate of drug-likeness (QED) is 0.717. The molecule has 128 valence electrons. The second-order valence-electron chi connectivity index (χ2n) is 5.24. The lowest BCUT2D eigenvalue weighted by Crippen LogP contribution is -2.34. The van der Waals surface area contributed by atoms with Gasteiger partial charge in [-0.05, 0) is 38.1 Å². The van der Waals surface area contributed by atoms with E-state index < -0.39 is 0 Å². The number of nitrogens with zero attached hydrogens (tertiary/aromatic N) is 2. The summed E-state index contributed by atoms with van der Waals surface area (Å²) in [5.41, 5.74) is 2.32. The van der Waals surface area contributed by atoms with E-state index in [0.29, 0.717) is 5.69 Å².